The Morgan fingerprint density at radius 3 is 1.16 bits per heavy atom. The molecule has 2 aliphatic heterocycles. The van der Waals surface area contributed by atoms with Crippen LogP contribution in [0.5, 0.6) is 0 Å². The van der Waals surface area contributed by atoms with Crippen LogP contribution in [0.25, 0.3) is 89.7 Å². The molecule has 8 bridgehead atoms. The maximum atomic E-state index is 11.9. The molecule has 63 heavy (non-hydrogen) atoms. The van der Waals surface area contributed by atoms with Crippen LogP contribution in [0.2, 0.25) is 0 Å². The van der Waals surface area contributed by atoms with Gasteiger partial charge in [0.15, 0.2) is 23.3 Å². The molecule has 0 aliphatic carbocycles. The minimum absolute atomic E-state index is 0. The van der Waals surface area contributed by atoms with Crippen molar-refractivity contribution in [2.45, 2.75) is 52.7 Å². The maximum absolute atomic E-state index is 11.9. The molecular weight excluding hydrogens is 876 g/mol. The number of H-pyrrole nitrogens is 2. The van der Waals surface area contributed by atoms with Crippen LogP contribution in [0, 0.1) is 0 Å². The number of nitrogens with one attached hydrogen (secondary N) is 2. The second kappa shape index (κ2) is 17.3. The van der Waals surface area contributed by atoms with E-state index >= 15 is 0 Å². The maximum Gasteiger partial charge on any atom is 0.508 e. The summed E-state index contributed by atoms with van der Waals surface area (Å²) in [5, 5.41) is 3.82. The molecule has 0 radical (unpaired) electrons. The van der Waals surface area contributed by atoms with Crippen LogP contribution < -0.4 is 0 Å². The van der Waals surface area contributed by atoms with Gasteiger partial charge in [-0.15, -0.1) is 0 Å². The molecule has 3 aromatic heterocycles. The molecule has 0 fully saturated rings. The van der Waals surface area contributed by atoms with Gasteiger partial charge in [0.25, 0.3) is 0 Å². The van der Waals surface area contributed by atoms with E-state index < -0.39 is 33.5 Å². The van der Waals surface area contributed by atoms with E-state index in [2.05, 4.69) is 9.97 Å². The molecule has 0 saturated carbocycles. The van der Waals surface area contributed by atoms with Crippen molar-refractivity contribution in [3.05, 3.63) is 97.1 Å². The third-order valence-electron chi connectivity index (χ3n) is 9.36. The van der Waals surface area contributed by atoms with Gasteiger partial charge in [0, 0.05) is 63.3 Å². The summed E-state index contributed by atoms with van der Waals surface area (Å²) in [6.07, 6.45) is -1.10. The van der Waals surface area contributed by atoms with Gasteiger partial charge in [-0.25, -0.2) is 52.2 Å². The molecule has 0 saturated heterocycles. The summed E-state index contributed by atoms with van der Waals surface area (Å²) in [7, 11) is -3.84. The molecule has 318 valence electrons. The molecule has 1 amide bonds. The summed E-state index contributed by atoms with van der Waals surface area (Å²) in [6, 6.07) is 32.2. The molecule has 18 heteroatoms. The number of benzene rings is 4. The largest absolute Gasteiger partial charge is 0.508 e. The van der Waals surface area contributed by atoms with Crippen LogP contribution in [-0.2, 0) is 43.7 Å². The Kier molecular flexibility index (Phi) is 12.2. The van der Waals surface area contributed by atoms with Crippen LogP contribution >= 0.6 is 0 Å². The molecule has 5 heterocycles. The second-order valence-electron chi connectivity index (χ2n) is 16.4. The van der Waals surface area contributed by atoms with Gasteiger partial charge in [0.05, 0.1) is 12.8 Å². The molecule has 0 spiro atoms. The van der Waals surface area contributed by atoms with Gasteiger partial charge in [0.2, 0.25) is 10.0 Å². The SMILES string of the molecule is CC(C)(C)OC(=O)OCCN(C(=O)OC(C)(C)C)S(C)(=O)=O.[Zn].c1ccc2c(c1)-c1nc-2nc2[nH]c(nc3nc(nc4[nH]c(n1)c1ccccc41)-c1ccccc1-3)c1ccccc21. The number of aromatic nitrogens is 8. The van der Waals surface area contributed by atoms with Crippen molar-refractivity contribution < 1.29 is 51.7 Å². The second-order valence-corrected chi connectivity index (χ2v) is 18.3. The summed E-state index contributed by atoms with van der Waals surface area (Å²) in [6.45, 7) is 9.15. The van der Waals surface area contributed by atoms with E-state index in [1.165, 1.54) is 0 Å². The zero-order valence-electron chi connectivity index (χ0n) is 35.8. The van der Waals surface area contributed by atoms with E-state index in [9.17, 15) is 18.0 Å². The van der Waals surface area contributed by atoms with Gasteiger partial charge >= 0.3 is 12.2 Å². The molecule has 4 aromatic carbocycles. The zero-order valence-corrected chi connectivity index (χ0v) is 39.5. The summed E-state index contributed by atoms with van der Waals surface area (Å²) in [5.74, 6) is 2.39. The number of ether oxygens (including phenoxy) is 3. The number of fused-ring (bicyclic) bond motifs is 20. The number of sulfonamides is 1. The fourth-order valence-electron chi connectivity index (χ4n) is 6.79. The fourth-order valence-corrected chi connectivity index (χ4v) is 7.50. The molecule has 2 aliphatic rings. The molecule has 9 rings (SSSR count). The summed E-state index contributed by atoms with van der Waals surface area (Å²) in [5.41, 5.74) is 4.88. The van der Waals surface area contributed by atoms with Gasteiger partial charge in [0.1, 0.15) is 40.4 Å². The number of rotatable bonds is 4. The van der Waals surface area contributed by atoms with Gasteiger partial charge in [-0.1, -0.05) is 97.1 Å². The first-order valence-electron chi connectivity index (χ1n) is 19.7. The van der Waals surface area contributed by atoms with E-state index in [1.54, 1.807) is 41.5 Å². The summed E-state index contributed by atoms with van der Waals surface area (Å²) in [4.78, 5) is 60.0. The van der Waals surface area contributed by atoms with Gasteiger partial charge < -0.3 is 24.2 Å². The smallest absolute Gasteiger partial charge is 0.443 e. The summed E-state index contributed by atoms with van der Waals surface area (Å²) < 4.78 is 38.4. The molecule has 0 unspecified atom stereocenters. The van der Waals surface area contributed by atoms with Crippen molar-refractivity contribution >= 4 is 66.4 Å². The first kappa shape index (κ1) is 44.4. The van der Waals surface area contributed by atoms with E-state index in [1.807, 2.05) is 97.1 Å². The predicted molar refractivity (Wildman–Crippen MR) is 236 cm³/mol. The number of carbonyl (C=O) groups is 2. The van der Waals surface area contributed by atoms with Crippen LogP contribution in [0.3, 0.4) is 0 Å². The molecule has 7 aromatic rings. The van der Waals surface area contributed by atoms with Gasteiger partial charge in [-0.3, -0.25) is 0 Å². The molecule has 0 atom stereocenters. The Balaban J connectivity index is 0.000000224. The quantitative estimate of drug-likeness (QED) is 0.125. The third kappa shape index (κ3) is 9.72. The predicted octanol–water partition coefficient (Wildman–Crippen LogP) is 9.00. The Labute approximate surface area is 375 Å². The first-order chi connectivity index (χ1) is 29.4. The third-order valence-corrected chi connectivity index (χ3v) is 10.5. The topological polar surface area (TPSA) is 208 Å². The number of aromatic amines is 2. The van der Waals surface area contributed by atoms with Crippen LogP contribution in [0.4, 0.5) is 9.59 Å². The van der Waals surface area contributed by atoms with Crippen molar-refractivity contribution in [2.75, 3.05) is 19.4 Å². The number of carbonyl (C=O) groups excluding carboxylic acids is 2. The fraction of sp³-hybridized carbons (Fsp3) is 0.244. The minimum Gasteiger partial charge on any atom is -0.443 e. The normalized spacial score (nSPS) is 12.0. The van der Waals surface area contributed by atoms with Crippen LogP contribution in [0.1, 0.15) is 41.5 Å². The van der Waals surface area contributed by atoms with Crippen molar-refractivity contribution in [1.29, 1.82) is 0 Å². The van der Waals surface area contributed by atoms with Crippen molar-refractivity contribution in [2.24, 2.45) is 0 Å². The number of nitrogens with zero attached hydrogens (tertiary/aromatic N) is 7. The number of hydrogen-bond donors (Lipinski definition) is 2. The minimum atomic E-state index is -3.84. The monoisotopic (exact) mass is 917 g/mol. The molecule has 2 N–H and O–H groups in total. The summed E-state index contributed by atoms with van der Waals surface area (Å²) >= 11 is 0. The van der Waals surface area contributed by atoms with Crippen LogP contribution in [-0.4, -0.2) is 95.5 Å². The molecule has 16 nitrogen and oxygen atoms in total. The van der Waals surface area contributed by atoms with E-state index in [0.717, 1.165) is 50.1 Å². The van der Waals surface area contributed by atoms with E-state index in [4.69, 9.17) is 44.1 Å². The average molecular weight is 919 g/mol. The number of amides is 1. The van der Waals surface area contributed by atoms with Crippen LogP contribution in [0.15, 0.2) is 97.1 Å². The standard InChI is InChI=1S/C32H18N8.C13H25NO7S.Zn/c1-2-10-18-17(9-1)25-33-26(18)38-28-21-13-5-6-14-22(21)30(35-28)40-32-24-16-8-7-15-23(24)31(36-32)39-29-20-12-4-3-11-19(20)27(34-29)37-25;1-12(2,3)20-10(15)14(22(7,17)18)8-9-19-11(16)21-13(4,5)6;/h1-16H,(H2,33,34,35,36,37,38,39,40);8-9H2,1-7H3;. The van der Waals surface area contributed by atoms with Crippen molar-refractivity contribution in [3.63, 3.8) is 0 Å². The average Bonchev–Trinajstić information content (AvgIpc) is 3.94. The zero-order chi connectivity index (χ0) is 44.0. The Bertz CT molecular complexity index is 2870. The van der Waals surface area contributed by atoms with Crippen molar-refractivity contribution in [1.82, 2.24) is 44.2 Å². The van der Waals surface area contributed by atoms with Crippen molar-refractivity contribution in [3.8, 4) is 45.6 Å². The Hall–Kier alpha value is -6.65. The van der Waals surface area contributed by atoms with Gasteiger partial charge in [-0.2, -0.15) is 0 Å². The van der Waals surface area contributed by atoms with E-state index in [0.29, 0.717) is 50.2 Å². The Morgan fingerprint density at radius 2 is 0.857 bits per heavy atom. The number of hydrogen-bond acceptors (Lipinski definition) is 13. The Morgan fingerprint density at radius 1 is 0.540 bits per heavy atom. The molecular formula is C45H43N9O7SZn. The first-order valence-corrected chi connectivity index (χ1v) is 21.5. The van der Waals surface area contributed by atoms with Gasteiger partial charge in [-0.05, 0) is 41.5 Å². The van der Waals surface area contributed by atoms with E-state index in [-0.39, 0.29) is 32.6 Å².